The number of halogens is 1. The van der Waals surface area contributed by atoms with Crippen LogP contribution in [0.3, 0.4) is 0 Å². The number of carbonyl (C=O) groups is 1. The summed E-state index contributed by atoms with van der Waals surface area (Å²) in [7, 11) is 4.44. The van der Waals surface area contributed by atoms with E-state index in [-0.39, 0.29) is 17.3 Å². The Morgan fingerprint density at radius 2 is 1.79 bits per heavy atom. The molecule has 0 aliphatic heterocycles. The van der Waals surface area contributed by atoms with Crippen LogP contribution in [-0.2, 0) is 0 Å². The number of fused-ring (bicyclic) bond motifs is 1. The van der Waals surface area contributed by atoms with Crippen LogP contribution in [0.2, 0.25) is 0 Å². The highest BCUT2D eigenvalue weighted by molar-refractivity contribution is 6.09. The van der Waals surface area contributed by atoms with Crippen molar-refractivity contribution in [2.75, 3.05) is 21.3 Å². The summed E-state index contributed by atoms with van der Waals surface area (Å²) >= 11 is 0. The summed E-state index contributed by atoms with van der Waals surface area (Å²) in [5, 5.41) is 0.411. The number of ketones is 1. The van der Waals surface area contributed by atoms with E-state index in [1.165, 1.54) is 33.6 Å². The molecule has 0 unspecified atom stereocenters. The molecule has 2 heterocycles. The molecule has 0 spiro atoms. The van der Waals surface area contributed by atoms with Crippen molar-refractivity contribution in [3.8, 4) is 28.6 Å². The molecular weight excluding hydrogens is 377 g/mol. The van der Waals surface area contributed by atoms with Gasteiger partial charge in [-0.15, -0.1) is 0 Å². The smallest absolute Gasteiger partial charge is 0.211 e. The molecule has 2 N–H and O–H groups in total. The Morgan fingerprint density at radius 3 is 2.45 bits per heavy atom. The summed E-state index contributed by atoms with van der Waals surface area (Å²) < 4.78 is 30.2. The maximum absolute atomic E-state index is 14.3. The second-order valence-corrected chi connectivity index (χ2v) is 6.25. The third kappa shape index (κ3) is 3.08. The standard InChI is InChI=1S/C21H18FN3O4/c1-27-16-7-11(8-17(28-2)20(16)29-3)19(26)15-10-24-21(25-15)12-9-23-14-6-4-5-13(22)18(12)14/h4-10,23H,1-3H3,(H,24,25). The molecular formula is C21H18FN3O4. The summed E-state index contributed by atoms with van der Waals surface area (Å²) in [6.45, 7) is 0. The maximum atomic E-state index is 14.3. The number of methoxy groups -OCH3 is 3. The number of nitrogens with zero attached hydrogens (tertiary/aromatic N) is 1. The Hall–Kier alpha value is -3.81. The Labute approximate surface area is 165 Å². The highest BCUT2D eigenvalue weighted by Gasteiger charge is 2.20. The van der Waals surface area contributed by atoms with E-state index in [1.807, 2.05) is 0 Å². The van der Waals surface area contributed by atoms with Crippen LogP contribution in [-0.4, -0.2) is 42.1 Å². The minimum Gasteiger partial charge on any atom is -0.493 e. The van der Waals surface area contributed by atoms with E-state index in [0.29, 0.717) is 45.1 Å². The van der Waals surface area contributed by atoms with Crippen molar-refractivity contribution in [3.63, 3.8) is 0 Å². The van der Waals surface area contributed by atoms with Crippen LogP contribution in [0.15, 0.2) is 42.7 Å². The molecule has 0 aliphatic carbocycles. The summed E-state index contributed by atoms with van der Waals surface area (Å²) in [5.41, 5.74) is 1.77. The largest absolute Gasteiger partial charge is 0.493 e. The van der Waals surface area contributed by atoms with E-state index >= 15 is 0 Å². The van der Waals surface area contributed by atoms with E-state index in [2.05, 4.69) is 15.0 Å². The van der Waals surface area contributed by atoms with Gasteiger partial charge in [0.2, 0.25) is 11.5 Å². The van der Waals surface area contributed by atoms with Crippen LogP contribution in [0.25, 0.3) is 22.3 Å². The highest BCUT2D eigenvalue weighted by atomic mass is 19.1. The van der Waals surface area contributed by atoms with Crippen molar-refractivity contribution in [1.82, 2.24) is 15.0 Å². The van der Waals surface area contributed by atoms with Gasteiger partial charge in [0.25, 0.3) is 0 Å². The first-order valence-electron chi connectivity index (χ1n) is 8.73. The Bertz CT molecular complexity index is 1190. The van der Waals surface area contributed by atoms with E-state index in [1.54, 1.807) is 30.5 Å². The number of hydrogen-bond acceptors (Lipinski definition) is 5. The molecule has 4 rings (SSSR count). The molecule has 0 saturated heterocycles. The fourth-order valence-corrected chi connectivity index (χ4v) is 3.27. The first kappa shape index (κ1) is 18.5. The number of rotatable bonds is 6. The molecule has 0 saturated carbocycles. The van der Waals surface area contributed by atoms with Gasteiger partial charge >= 0.3 is 0 Å². The van der Waals surface area contributed by atoms with E-state index in [0.717, 1.165) is 0 Å². The van der Waals surface area contributed by atoms with Gasteiger partial charge in [-0.3, -0.25) is 4.79 Å². The van der Waals surface area contributed by atoms with Crippen molar-refractivity contribution in [1.29, 1.82) is 0 Å². The molecule has 0 aliphatic rings. The minimum absolute atomic E-state index is 0.250. The number of benzene rings is 2. The second kappa shape index (κ2) is 7.31. The lowest BCUT2D eigenvalue weighted by Crippen LogP contribution is -2.04. The number of nitrogens with one attached hydrogen (secondary N) is 2. The molecule has 0 bridgehead atoms. The average Bonchev–Trinajstić information content (AvgIpc) is 3.39. The van der Waals surface area contributed by atoms with Crippen LogP contribution in [0, 0.1) is 5.82 Å². The van der Waals surface area contributed by atoms with Crippen LogP contribution >= 0.6 is 0 Å². The SMILES string of the molecule is COc1cc(C(=O)c2cnc(-c3c[nH]c4cccc(F)c34)[nH]2)cc(OC)c1OC. The van der Waals surface area contributed by atoms with Crippen molar-refractivity contribution in [3.05, 3.63) is 59.8 Å². The van der Waals surface area contributed by atoms with Gasteiger partial charge in [0, 0.05) is 28.2 Å². The van der Waals surface area contributed by atoms with Crippen molar-refractivity contribution in [2.45, 2.75) is 0 Å². The van der Waals surface area contributed by atoms with Gasteiger partial charge in [-0.25, -0.2) is 9.37 Å². The van der Waals surface area contributed by atoms with Gasteiger partial charge in [-0.1, -0.05) is 6.07 Å². The van der Waals surface area contributed by atoms with E-state index in [4.69, 9.17) is 14.2 Å². The third-order valence-corrected chi connectivity index (χ3v) is 4.66. The van der Waals surface area contributed by atoms with E-state index < -0.39 is 0 Å². The van der Waals surface area contributed by atoms with Gasteiger partial charge in [0.1, 0.15) is 17.3 Å². The topological polar surface area (TPSA) is 89.2 Å². The second-order valence-electron chi connectivity index (χ2n) is 6.25. The first-order chi connectivity index (χ1) is 14.1. The average molecular weight is 395 g/mol. The monoisotopic (exact) mass is 395 g/mol. The number of carbonyl (C=O) groups excluding carboxylic acids is 1. The molecule has 0 radical (unpaired) electrons. The Balaban J connectivity index is 1.74. The van der Waals surface area contributed by atoms with Gasteiger partial charge < -0.3 is 24.2 Å². The quantitative estimate of drug-likeness (QED) is 0.483. The molecule has 2 aromatic carbocycles. The van der Waals surface area contributed by atoms with Crippen LogP contribution in [0.5, 0.6) is 17.2 Å². The zero-order valence-corrected chi connectivity index (χ0v) is 16.0. The van der Waals surface area contributed by atoms with Gasteiger partial charge in [0.15, 0.2) is 11.5 Å². The third-order valence-electron chi connectivity index (χ3n) is 4.66. The number of aromatic amines is 2. The summed E-state index contributed by atoms with van der Waals surface area (Å²) in [6.07, 6.45) is 3.07. The molecule has 0 fully saturated rings. The zero-order chi connectivity index (χ0) is 20.5. The molecule has 29 heavy (non-hydrogen) atoms. The summed E-state index contributed by atoms with van der Waals surface area (Å²) in [4.78, 5) is 23.2. The lowest BCUT2D eigenvalue weighted by atomic mass is 10.1. The minimum atomic E-state index is -0.368. The number of imidazole rings is 1. The lowest BCUT2D eigenvalue weighted by Gasteiger charge is -2.13. The fraction of sp³-hybridized carbons (Fsp3) is 0.143. The zero-order valence-electron chi connectivity index (χ0n) is 16.0. The van der Waals surface area contributed by atoms with Crippen LogP contribution < -0.4 is 14.2 Å². The van der Waals surface area contributed by atoms with Gasteiger partial charge in [0.05, 0.1) is 27.5 Å². The number of hydrogen-bond donors (Lipinski definition) is 2. The van der Waals surface area contributed by atoms with Gasteiger partial charge in [-0.05, 0) is 24.3 Å². The predicted octanol–water partition coefficient (Wildman–Crippen LogP) is 3.95. The van der Waals surface area contributed by atoms with Gasteiger partial charge in [-0.2, -0.15) is 0 Å². The number of ether oxygens (including phenoxy) is 3. The molecule has 148 valence electrons. The van der Waals surface area contributed by atoms with Crippen molar-refractivity contribution < 1.29 is 23.4 Å². The molecule has 8 heteroatoms. The Morgan fingerprint density at radius 1 is 1.07 bits per heavy atom. The molecule has 7 nitrogen and oxygen atoms in total. The lowest BCUT2D eigenvalue weighted by molar-refractivity contribution is 0.103. The fourth-order valence-electron chi connectivity index (χ4n) is 3.27. The molecule has 0 amide bonds. The normalized spacial score (nSPS) is 10.9. The summed E-state index contributed by atoms with van der Waals surface area (Å²) in [5.74, 6) is 0.835. The van der Waals surface area contributed by atoms with Crippen molar-refractivity contribution >= 4 is 16.7 Å². The molecule has 2 aromatic heterocycles. The Kier molecular flexibility index (Phi) is 4.67. The first-order valence-corrected chi connectivity index (χ1v) is 8.73. The van der Waals surface area contributed by atoms with Crippen LogP contribution in [0.1, 0.15) is 16.1 Å². The highest BCUT2D eigenvalue weighted by Crippen LogP contribution is 2.38. The molecule has 0 atom stereocenters. The summed E-state index contributed by atoms with van der Waals surface area (Å²) in [6, 6.07) is 7.90. The number of H-pyrrole nitrogens is 2. The van der Waals surface area contributed by atoms with Crippen molar-refractivity contribution in [2.24, 2.45) is 0 Å². The van der Waals surface area contributed by atoms with E-state index in [9.17, 15) is 9.18 Å². The predicted molar refractivity (Wildman–Crippen MR) is 105 cm³/mol. The number of aromatic nitrogens is 3. The molecule has 4 aromatic rings. The maximum Gasteiger partial charge on any atom is 0.211 e. The van der Waals surface area contributed by atoms with Crippen LogP contribution in [0.4, 0.5) is 4.39 Å².